The number of carbonyl (C=O) groups excluding carboxylic acids is 1. The quantitative estimate of drug-likeness (QED) is 0.435. The third kappa shape index (κ3) is 4.55. The summed E-state index contributed by atoms with van der Waals surface area (Å²) in [5.41, 5.74) is 1.90. The second kappa shape index (κ2) is 9.32. The second-order valence-corrected chi connectivity index (χ2v) is 7.31. The Morgan fingerprint density at radius 2 is 1.87 bits per heavy atom. The predicted molar refractivity (Wildman–Crippen MR) is 115 cm³/mol. The Bertz CT molecular complexity index is 1090. The topological polar surface area (TPSA) is 82.2 Å². The summed E-state index contributed by atoms with van der Waals surface area (Å²) in [5.74, 6) is 2.06. The monoisotopic (exact) mass is 420 g/mol. The average Bonchev–Trinajstić information content (AvgIpc) is 3.47. The molecule has 8 heteroatoms. The highest BCUT2D eigenvalue weighted by atomic mass is 32.2. The molecule has 7 nitrogen and oxygen atoms in total. The van der Waals surface area contributed by atoms with E-state index in [2.05, 4.69) is 15.5 Å². The van der Waals surface area contributed by atoms with Crippen LogP contribution in [0.5, 0.6) is 5.75 Å². The minimum absolute atomic E-state index is 0.0762. The molecule has 30 heavy (non-hydrogen) atoms. The lowest BCUT2D eigenvalue weighted by atomic mass is 10.2. The summed E-state index contributed by atoms with van der Waals surface area (Å²) in [6.45, 7) is 0.489. The van der Waals surface area contributed by atoms with E-state index in [0.717, 1.165) is 17.0 Å². The molecule has 0 unspecified atom stereocenters. The number of rotatable bonds is 8. The zero-order valence-corrected chi connectivity index (χ0v) is 17.1. The number of hydrogen-bond donors (Lipinski definition) is 1. The number of aromatic nitrogens is 3. The van der Waals surface area contributed by atoms with Crippen LogP contribution >= 0.6 is 11.8 Å². The van der Waals surface area contributed by atoms with Crippen LogP contribution in [-0.2, 0) is 11.3 Å². The van der Waals surface area contributed by atoms with Gasteiger partial charge in [-0.25, -0.2) is 0 Å². The van der Waals surface area contributed by atoms with Crippen LogP contribution in [0.25, 0.3) is 17.3 Å². The van der Waals surface area contributed by atoms with E-state index < -0.39 is 0 Å². The molecule has 0 aliphatic carbocycles. The number of thioether (sulfide) groups is 1. The molecular weight excluding hydrogens is 400 g/mol. The van der Waals surface area contributed by atoms with E-state index in [9.17, 15) is 4.79 Å². The highest BCUT2D eigenvalue weighted by Crippen LogP contribution is 2.29. The largest absolute Gasteiger partial charge is 0.497 e. The summed E-state index contributed by atoms with van der Waals surface area (Å²) in [4.78, 5) is 12.3. The first-order valence-electron chi connectivity index (χ1n) is 9.32. The molecular formula is C22H20N4O3S. The first-order chi connectivity index (χ1) is 14.7. The SMILES string of the molecule is COc1ccc(-n2c(SCC(=O)NCc3ccccc3)nnc2-c2ccco2)cc1. The van der Waals surface area contributed by atoms with Gasteiger partial charge < -0.3 is 14.5 Å². The molecule has 0 bridgehead atoms. The molecule has 4 aromatic rings. The van der Waals surface area contributed by atoms with Crippen LogP contribution in [0.3, 0.4) is 0 Å². The highest BCUT2D eigenvalue weighted by Gasteiger charge is 2.19. The number of nitrogens with one attached hydrogen (secondary N) is 1. The summed E-state index contributed by atoms with van der Waals surface area (Å²) in [6, 6.07) is 21.0. The molecule has 2 heterocycles. The van der Waals surface area contributed by atoms with Crippen molar-refractivity contribution < 1.29 is 13.9 Å². The van der Waals surface area contributed by atoms with Crippen molar-refractivity contribution in [2.24, 2.45) is 0 Å². The number of furan rings is 1. The lowest BCUT2D eigenvalue weighted by molar-refractivity contribution is -0.118. The molecule has 0 aliphatic heterocycles. The molecule has 0 saturated carbocycles. The Hall–Kier alpha value is -3.52. The minimum Gasteiger partial charge on any atom is -0.497 e. The summed E-state index contributed by atoms with van der Waals surface area (Å²) >= 11 is 1.32. The Labute approximate surface area is 178 Å². The van der Waals surface area contributed by atoms with Gasteiger partial charge in [0.2, 0.25) is 11.7 Å². The number of methoxy groups -OCH3 is 1. The molecule has 1 amide bonds. The molecule has 2 aromatic heterocycles. The van der Waals surface area contributed by atoms with Crippen molar-refractivity contribution in [3.05, 3.63) is 78.6 Å². The third-order valence-corrected chi connectivity index (χ3v) is 5.30. The number of nitrogens with zero attached hydrogens (tertiary/aromatic N) is 3. The van der Waals surface area contributed by atoms with Gasteiger partial charge in [-0.2, -0.15) is 0 Å². The number of benzene rings is 2. The maximum atomic E-state index is 12.3. The van der Waals surface area contributed by atoms with Gasteiger partial charge in [0.15, 0.2) is 10.9 Å². The van der Waals surface area contributed by atoms with Crippen molar-refractivity contribution in [2.45, 2.75) is 11.7 Å². The minimum atomic E-state index is -0.0762. The van der Waals surface area contributed by atoms with Crippen LogP contribution < -0.4 is 10.1 Å². The van der Waals surface area contributed by atoms with Crippen molar-refractivity contribution in [2.75, 3.05) is 12.9 Å². The molecule has 0 fully saturated rings. The molecule has 0 spiro atoms. The van der Waals surface area contributed by atoms with Gasteiger partial charge >= 0.3 is 0 Å². The van der Waals surface area contributed by atoms with Gasteiger partial charge in [-0.05, 0) is 42.0 Å². The normalized spacial score (nSPS) is 10.7. The smallest absolute Gasteiger partial charge is 0.230 e. The number of ether oxygens (including phenoxy) is 1. The van der Waals surface area contributed by atoms with Crippen molar-refractivity contribution in [3.63, 3.8) is 0 Å². The van der Waals surface area contributed by atoms with Gasteiger partial charge in [-0.3, -0.25) is 9.36 Å². The molecule has 0 aliphatic rings. The Morgan fingerprint density at radius 3 is 2.57 bits per heavy atom. The van der Waals surface area contributed by atoms with Crippen molar-refractivity contribution in [3.8, 4) is 23.0 Å². The molecule has 152 valence electrons. The van der Waals surface area contributed by atoms with E-state index in [0.29, 0.717) is 23.3 Å². The molecule has 0 atom stereocenters. The Kier molecular flexibility index (Phi) is 6.14. The summed E-state index contributed by atoms with van der Waals surface area (Å²) < 4.78 is 12.6. The first kappa shape index (κ1) is 19.8. The molecule has 0 radical (unpaired) electrons. The zero-order valence-electron chi connectivity index (χ0n) is 16.3. The van der Waals surface area contributed by atoms with E-state index in [4.69, 9.17) is 9.15 Å². The Morgan fingerprint density at radius 1 is 1.07 bits per heavy atom. The molecule has 1 N–H and O–H groups in total. The van der Waals surface area contributed by atoms with Crippen molar-refractivity contribution in [1.29, 1.82) is 0 Å². The van der Waals surface area contributed by atoms with E-state index in [-0.39, 0.29) is 11.7 Å². The van der Waals surface area contributed by atoms with Gasteiger partial charge in [0.1, 0.15) is 5.75 Å². The number of amides is 1. The van der Waals surface area contributed by atoms with Crippen LogP contribution in [-0.4, -0.2) is 33.5 Å². The van der Waals surface area contributed by atoms with E-state index in [1.54, 1.807) is 19.4 Å². The van der Waals surface area contributed by atoms with Crippen LogP contribution in [0.2, 0.25) is 0 Å². The summed E-state index contributed by atoms with van der Waals surface area (Å²) in [7, 11) is 1.62. The fourth-order valence-electron chi connectivity index (χ4n) is 2.87. The standard InChI is InChI=1S/C22H20N4O3S/c1-28-18-11-9-17(10-12-18)26-21(19-8-5-13-29-19)24-25-22(26)30-15-20(27)23-14-16-6-3-2-4-7-16/h2-13H,14-15H2,1H3,(H,23,27). The van der Waals surface area contributed by atoms with Gasteiger partial charge in [0.05, 0.1) is 24.8 Å². The summed E-state index contributed by atoms with van der Waals surface area (Å²) in [6.07, 6.45) is 1.59. The molecule has 4 rings (SSSR count). The van der Waals surface area contributed by atoms with E-state index in [1.165, 1.54) is 11.8 Å². The molecule has 0 saturated heterocycles. The maximum Gasteiger partial charge on any atom is 0.230 e. The zero-order chi connectivity index (χ0) is 20.8. The predicted octanol–water partition coefficient (Wildman–Crippen LogP) is 3.94. The van der Waals surface area contributed by atoms with Gasteiger partial charge in [0, 0.05) is 6.54 Å². The van der Waals surface area contributed by atoms with Gasteiger partial charge in [0.25, 0.3) is 0 Å². The van der Waals surface area contributed by atoms with Crippen LogP contribution in [0, 0.1) is 0 Å². The van der Waals surface area contributed by atoms with Crippen LogP contribution in [0.1, 0.15) is 5.56 Å². The van der Waals surface area contributed by atoms with Crippen LogP contribution in [0.4, 0.5) is 0 Å². The third-order valence-electron chi connectivity index (χ3n) is 4.37. The van der Waals surface area contributed by atoms with E-state index >= 15 is 0 Å². The lowest BCUT2D eigenvalue weighted by Crippen LogP contribution is -2.24. The van der Waals surface area contributed by atoms with Crippen LogP contribution in [0.15, 0.2) is 82.6 Å². The first-order valence-corrected chi connectivity index (χ1v) is 10.3. The van der Waals surface area contributed by atoms with Crippen molar-refractivity contribution >= 4 is 17.7 Å². The Balaban J connectivity index is 1.51. The number of carbonyl (C=O) groups is 1. The maximum absolute atomic E-state index is 12.3. The number of hydrogen-bond acceptors (Lipinski definition) is 6. The average molecular weight is 420 g/mol. The van der Waals surface area contributed by atoms with Gasteiger partial charge in [-0.1, -0.05) is 42.1 Å². The van der Waals surface area contributed by atoms with Gasteiger partial charge in [-0.15, -0.1) is 10.2 Å². The second-order valence-electron chi connectivity index (χ2n) is 6.37. The van der Waals surface area contributed by atoms with E-state index in [1.807, 2.05) is 65.2 Å². The fourth-order valence-corrected chi connectivity index (χ4v) is 3.65. The fraction of sp³-hybridized carbons (Fsp3) is 0.136. The lowest BCUT2D eigenvalue weighted by Gasteiger charge is -2.10. The molecule has 2 aromatic carbocycles. The summed E-state index contributed by atoms with van der Waals surface area (Å²) in [5, 5.41) is 12.1. The van der Waals surface area contributed by atoms with Crippen molar-refractivity contribution in [1.82, 2.24) is 20.1 Å². The highest BCUT2D eigenvalue weighted by molar-refractivity contribution is 7.99.